The summed E-state index contributed by atoms with van der Waals surface area (Å²) in [5, 5.41) is 14.3. The minimum atomic E-state index is -1.17. The van der Waals surface area contributed by atoms with Gasteiger partial charge in [0.1, 0.15) is 17.0 Å². The van der Waals surface area contributed by atoms with E-state index in [1.54, 1.807) is 20.0 Å². The fraction of sp³-hybridized carbons (Fsp3) is 0.458. The molecule has 0 saturated carbocycles. The van der Waals surface area contributed by atoms with Crippen molar-refractivity contribution in [1.82, 2.24) is 14.7 Å². The molecule has 0 aliphatic rings. The van der Waals surface area contributed by atoms with Gasteiger partial charge in [0.05, 0.1) is 17.7 Å². The first-order valence-corrected chi connectivity index (χ1v) is 10.8. The average molecular weight is 444 g/mol. The van der Waals surface area contributed by atoms with Gasteiger partial charge in [-0.2, -0.15) is 0 Å². The molecule has 0 fully saturated rings. The maximum atomic E-state index is 12.5. The normalized spacial score (nSPS) is 10.9. The van der Waals surface area contributed by atoms with Crippen LogP contribution in [0.3, 0.4) is 0 Å². The first-order valence-electron chi connectivity index (χ1n) is 10.8. The van der Waals surface area contributed by atoms with Gasteiger partial charge in [0.2, 0.25) is 0 Å². The molecule has 0 aromatic carbocycles. The molecule has 1 atom stereocenters. The smallest absolute Gasteiger partial charge is 0.340 e. The zero-order valence-electron chi connectivity index (χ0n) is 20.1. The Bertz CT molecular complexity index is 1140. The predicted octanol–water partition coefficient (Wildman–Crippen LogP) is 4.11. The minimum Gasteiger partial charge on any atom is -0.462 e. The van der Waals surface area contributed by atoms with Crippen LogP contribution in [0.15, 0.2) is 27.8 Å². The van der Waals surface area contributed by atoms with Crippen molar-refractivity contribution in [2.75, 3.05) is 6.61 Å². The first-order chi connectivity index (χ1) is 15.3. The molecule has 0 unspecified atom stereocenters. The summed E-state index contributed by atoms with van der Waals surface area (Å²) < 4.78 is 11.6. The van der Waals surface area contributed by atoms with Crippen LogP contribution in [0.2, 0.25) is 0 Å². The molecular formula is C24H33N3O5. The van der Waals surface area contributed by atoms with Crippen molar-refractivity contribution < 1.29 is 19.2 Å². The molecule has 0 radical (unpaired) electrons. The summed E-state index contributed by atoms with van der Waals surface area (Å²) in [5.74, 6) is 5.72. The van der Waals surface area contributed by atoms with Crippen LogP contribution in [0, 0.1) is 24.7 Å². The molecule has 0 aliphatic heterocycles. The van der Waals surface area contributed by atoms with Crippen LogP contribution in [0.4, 0.5) is 0 Å². The van der Waals surface area contributed by atoms with Crippen molar-refractivity contribution in [2.45, 2.75) is 54.6 Å². The Labute approximate surface area is 188 Å². The molecule has 0 saturated heterocycles. The number of aliphatic hydroxyl groups is 1. The second-order valence-electron chi connectivity index (χ2n) is 6.94. The van der Waals surface area contributed by atoms with E-state index < -0.39 is 12.1 Å². The van der Waals surface area contributed by atoms with Crippen molar-refractivity contribution in [3.8, 4) is 11.8 Å². The van der Waals surface area contributed by atoms with E-state index in [0.29, 0.717) is 16.7 Å². The Kier molecular flexibility index (Phi) is 10.5. The number of aromatic amines is 1. The summed E-state index contributed by atoms with van der Waals surface area (Å²) in [6.07, 6.45) is 1.79. The fourth-order valence-electron chi connectivity index (χ4n) is 2.68. The van der Waals surface area contributed by atoms with Crippen LogP contribution < -0.4 is 5.56 Å². The third-order valence-electron chi connectivity index (χ3n) is 4.04. The predicted molar refractivity (Wildman–Crippen MR) is 124 cm³/mol. The minimum absolute atomic E-state index is 0.183. The van der Waals surface area contributed by atoms with Crippen molar-refractivity contribution >= 4 is 16.9 Å². The molecule has 3 heterocycles. The molecule has 3 aromatic heterocycles. The van der Waals surface area contributed by atoms with Gasteiger partial charge in [-0.3, -0.25) is 4.79 Å². The van der Waals surface area contributed by atoms with Gasteiger partial charge in [-0.05, 0) is 12.8 Å². The highest BCUT2D eigenvalue weighted by Gasteiger charge is 2.19. The molecule has 0 spiro atoms. The molecule has 32 heavy (non-hydrogen) atoms. The number of aryl methyl sites for hydroxylation is 2. The number of aromatic nitrogens is 3. The number of carbonyl (C=O) groups excluding carboxylic acids is 1. The Morgan fingerprint density at radius 3 is 2.53 bits per heavy atom. The Hall–Kier alpha value is -3.31. The van der Waals surface area contributed by atoms with Gasteiger partial charge in [-0.15, -0.1) is 0 Å². The largest absolute Gasteiger partial charge is 0.462 e. The van der Waals surface area contributed by atoms with Gasteiger partial charge in [-0.1, -0.05) is 58.5 Å². The number of nitrogens with zero attached hydrogens (tertiary/aromatic N) is 2. The van der Waals surface area contributed by atoms with Crippen molar-refractivity contribution in [1.29, 1.82) is 0 Å². The highest BCUT2D eigenvalue weighted by Crippen LogP contribution is 2.21. The Balaban J connectivity index is 0.00000121. The topological polar surface area (TPSA) is 110 Å². The first kappa shape index (κ1) is 26.7. The summed E-state index contributed by atoms with van der Waals surface area (Å²) in [6, 6.07) is 1.58. The van der Waals surface area contributed by atoms with Crippen LogP contribution in [0.5, 0.6) is 0 Å². The lowest BCUT2D eigenvalue weighted by Crippen LogP contribution is -2.17. The lowest BCUT2D eigenvalue weighted by molar-refractivity contribution is 0.0461. The fourth-order valence-corrected chi connectivity index (χ4v) is 2.68. The van der Waals surface area contributed by atoms with E-state index in [2.05, 4.69) is 22.0 Å². The van der Waals surface area contributed by atoms with Crippen LogP contribution in [-0.4, -0.2) is 32.4 Å². The lowest BCUT2D eigenvalue weighted by Gasteiger charge is -2.07. The van der Waals surface area contributed by atoms with E-state index in [-0.39, 0.29) is 34.9 Å². The molecule has 0 aliphatic carbocycles. The van der Waals surface area contributed by atoms with Crippen molar-refractivity contribution in [3.63, 3.8) is 0 Å². The quantitative estimate of drug-likeness (QED) is 0.464. The number of ether oxygens (including phenoxy) is 1. The number of H-pyrrole nitrogens is 1. The summed E-state index contributed by atoms with van der Waals surface area (Å²) in [4.78, 5) is 27.7. The Morgan fingerprint density at radius 2 is 1.97 bits per heavy atom. The summed E-state index contributed by atoms with van der Waals surface area (Å²) in [5.41, 5.74) is 0.879. The summed E-state index contributed by atoms with van der Waals surface area (Å²) in [7, 11) is 1.59. The highest BCUT2D eigenvalue weighted by atomic mass is 16.5. The van der Waals surface area contributed by atoms with Crippen LogP contribution in [0.1, 0.15) is 75.0 Å². The van der Waals surface area contributed by atoms with Crippen LogP contribution in [0.25, 0.3) is 10.9 Å². The van der Waals surface area contributed by atoms with Gasteiger partial charge in [0.15, 0.2) is 6.10 Å². The number of fused-ring (bicyclic) bond motifs is 1. The van der Waals surface area contributed by atoms with Gasteiger partial charge in [-0.25, -0.2) is 4.79 Å². The van der Waals surface area contributed by atoms with E-state index in [1.807, 2.05) is 41.5 Å². The summed E-state index contributed by atoms with van der Waals surface area (Å²) in [6.45, 7) is 13.8. The molecule has 3 rings (SSSR count). The molecule has 2 N–H and O–H groups in total. The summed E-state index contributed by atoms with van der Waals surface area (Å²) >= 11 is 0. The number of esters is 1. The number of hydrogen-bond donors (Lipinski definition) is 2. The average Bonchev–Trinajstić information content (AvgIpc) is 3.43. The zero-order valence-corrected chi connectivity index (χ0v) is 20.1. The van der Waals surface area contributed by atoms with Gasteiger partial charge in [0.25, 0.3) is 5.56 Å². The molecule has 8 heteroatoms. The SMILES string of the molecule is CC.CC.Cc1cc([C@H](O)C#Cc2cn(C)c(=O)c3[nH]cc(C(=O)OCC(C)C)c23)no1. The van der Waals surface area contributed by atoms with E-state index in [0.717, 1.165) is 0 Å². The standard InChI is InChI=1S/C20H21N3O5.2C2H6/c1-11(2)10-27-20(26)14-8-21-18-17(14)13(9-23(4)19(18)25)5-6-16(24)15-7-12(3)28-22-15;2*1-2/h7-9,11,16,21,24H,10H2,1-4H3;2*1-2H3/t16-;;/m1../s1. The second kappa shape index (κ2) is 12.5. The van der Waals surface area contributed by atoms with Gasteiger partial charge in [0, 0.05) is 30.9 Å². The third kappa shape index (κ3) is 6.34. The van der Waals surface area contributed by atoms with Crippen LogP contribution >= 0.6 is 0 Å². The van der Waals surface area contributed by atoms with Gasteiger partial charge >= 0.3 is 5.97 Å². The molecule has 8 nitrogen and oxygen atoms in total. The molecular weight excluding hydrogens is 410 g/mol. The number of rotatable bonds is 4. The third-order valence-corrected chi connectivity index (χ3v) is 4.04. The van der Waals surface area contributed by atoms with Gasteiger partial charge < -0.3 is 23.9 Å². The monoisotopic (exact) mass is 443 g/mol. The van der Waals surface area contributed by atoms with E-state index in [9.17, 15) is 14.7 Å². The van der Waals surface area contributed by atoms with Crippen molar-refractivity contribution in [2.24, 2.45) is 13.0 Å². The lowest BCUT2D eigenvalue weighted by atomic mass is 10.1. The van der Waals surface area contributed by atoms with Crippen molar-refractivity contribution in [3.05, 3.63) is 51.4 Å². The zero-order chi connectivity index (χ0) is 24.4. The number of carbonyl (C=O) groups is 1. The second-order valence-corrected chi connectivity index (χ2v) is 6.94. The molecule has 3 aromatic rings. The van der Waals surface area contributed by atoms with E-state index >= 15 is 0 Å². The maximum absolute atomic E-state index is 12.5. The number of nitrogens with one attached hydrogen (secondary N) is 1. The Morgan fingerprint density at radius 1 is 1.31 bits per heavy atom. The van der Waals surface area contributed by atoms with E-state index in [1.165, 1.54) is 17.0 Å². The molecule has 0 bridgehead atoms. The maximum Gasteiger partial charge on any atom is 0.340 e. The number of hydrogen-bond acceptors (Lipinski definition) is 6. The van der Waals surface area contributed by atoms with E-state index in [4.69, 9.17) is 9.26 Å². The highest BCUT2D eigenvalue weighted by molar-refractivity contribution is 6.06. The molecule has 174 valence electrons. The number of aliphatic hydroxyl groups excluding tert-OH is 1. The number of pyridine rings is 1. The van der Waals surface area contributed by atoms with Crippen LogP contribution in [-0.2, 0) is 11.8 Å². The molecule has 0 amide bonds.